The average molecular weight is 348 g/mol. The van der Waals surface area contributed by atoms with Gasteiger partial charge in [-0.2, -0.15) is 0 Å². The molecule has 0 radical (unpaired) electrons. The van der Waals surface area contributed by atoms with Gasteiger partial charge in [-0.3, -0.25) is 14.7 Å². The van der Waals surface area contributed by atoms with E-state index in [9.17, 15) is 4.79 Å². The first-order chi connectivity index (χ1) is 11.1. The SMILES string of the molecule is C/C=C1/C=CC(=O)N(Cc2ncsc2C2CC2)/C1=N/C(C)SC. The molecule has 4 nitrogen and oxygen atoms in total. The number of aliphatic imine (C=N–C) groups is 1. The van der Waals surface area contributed by atoms with Crippen LogP contribution in [0.1, 0.15) is 43.2 Å². The van der Waals surface area contributed by atoms with Crippen LogP contribution < -0.4 is 0 Å². The third-order valence-electron chi connectivity index (χ3n) is 4.07. The first-order valence-corrected chi connectivity index (χ1v) is 10.00. The molecule has 3 rings (SSSR count). The maximum absolute atomic E-state index is 12.5. The van der Waals surface area contributed by atoms with Gasteiger partial charge < -0.3 is 0 Å². The minimum absolute atomic E-state index is 0.0163. The second-order valence-electron chi connectivity index (χ2n) is 5.73. The summed E-state index contributed by atoms with van der Waals surface area (Å²) in [6, 6.07) is 0. The van der Waals surface area contributed by atoms with Crippen LogP contribution in [-0.4, -0.2) is 33.3 Å². The number of amidine groups is 1. The number of hydrogen-bond acceptors (Lipinski definition) is 5. The molecule has 2 aliphatic rings. The molecule has 1 saturated carbocycles. The Bertz CT molecular complexity index is 686. The predicted molar refractivity (Wildman–Crippen MR) is 97.9 cm³/mol. The number of aromatic nitrogens is 1. The Kier molecular flexibility index (Phi) is 5.02. The quantitative estimate of drug-likeness (QED) is 0.809. The van der Waals surface area contributed by atoms with Crippen LogP contribution in [0.5, 0.6) is 0 Å². The summed E-state index contributed by atoms with van der Waals surface area (Å²) in [5.41, 5.74) is 3.92. The molecule has 6 heteroatoms. The van der Waals surface area contributed by atoms with E-state index in [0.29, 0.717) is 12.5 Å². The zero-order valence-corrected chi connectivity index (χ0v) is 15.3. The summed E-state index contributed by atoms with van der Waals surface area (Å²) in [5.74, 6) is 1.40. The zero-order chi connectivity index (χ0) is 16.4. The highest BCUT2D eigenvalue weighted by Crippen LogP contribution is 2.43. The van der Waals surface area contributed by atoms with Crippen molar-refractivity contribution in [3.05, 3.63) is 39.9 Å². The lowest BCUT2D eigenvalue weighted by Crippen LogP contribution is -2.39. The molecule has 23 heavy (non-hydrogen) atoms. The van der Waals surface area contributed by atoms with E-state index >= 15 is 0 Å². The highest BCUT2D eigenvalue weighted by atomic mass is 32.2. The molecular formula is C17H21N3OS2. The molecule has 1 atom stereocenters. The van der Waals surface area contributed by atoms with Gasteiger partial charge in [0, 0.05) is 16.5 Å². The summed E-state index contributed by atoms with van der Waals surface area (Å²) in [5, 5.41) is 0.111. The average Bonchev–Trinajstić information content (AvgIpc) is 3.30. The van der Waals surface area contributed by atoms with E-state index in [1.54, 1.807) is 34.1 Å². The molecule has 0 saturated heterocycles. The fraction of sp³-hybridized carbons (Fsp3) is 0.471. The lowest BCUT2D eigenvalue weighted by molar-refractivity contribution is -0.123. The highest BCUT2D eigenvalue weighted by Gasteiger charge is 2.31. The summed E-state index contributed by atoms with van der Waals surface area (Å²) in [6.07, 6.45) is 10.0. The van der Waals surface area contributed by atoms with Crippen molar-refractivity contribution in [3.8, 4) is 0 Å². The molecule has 1 aliphatic heterocycles. The van der Waals surface area contributed by atoms with Crippen molar-refractivity contribution in [2.24, 2.45) is 4.99 Å². The van der Waals surface area contributed by atoms with E-state index < -0.39 is 0 Å². The van der Waals surface area contributed by atoms with Crippen LogP contribution >= 0.6 is 23.1 Å². The number of carbonyl (C=O) groups excluding carboxylic acids is 1. The maximum Gasteiger partial charge on any atom is 0.252 e. The Morgan fingerprint density at radius 2 is 2.30 bits per heavy atom. The zero-order valence-electron chi connectivity index (χ0n) is 13.7. The van der Waals surface area contributed by atoms with Gasteiger partial charge in [-0.1, -0.05) is 6.08 Å². The molecule has 1 unspecified atom stereocenters. The fourth-order valence-electron chi connectivity index (χ4n) is 2.56. The largest absolute Gasteiger partial charge is 0.287 e. The van der Waals surface area contributed by atoms with E-state index in [2.05, 4.69) is 4.98 Å². The van der Waals surface area contributed by atoms with E-state index in [-0.39, 0.29) is 11.3 Å². The molecular weight excluding hydrogens is 326 g/mol. The molecule has 1 aromatic heterocycles. The van der Waals surface area contributed by atoms with Crippen molar-refractivity contribution < 1.29 is 4.79 Å². The van der Waals surface area contributed by atoms with Crippen molar-refractivity contribution in [3.63, 3.8) is 0 Å². The monoisotopic (exact) mass is 347 g/mol. The number of carbonyl (C=O) groups is 1. The Morgan fingerprint density at radius 3 is 2.96 bits per heavy atom. The number of rotatable bonds is 5. The van der Waals surface area contributed by atoms with Gasteiger partial charge in [-0.25, -0.2) is 4.98 Å². The summed E-state index contributed by atoms with van der Waals surface area (Å²) < 4.78 is 0. The number of thiazole rings is 1. The van der Waals surface area contributed by atoms with Gasteiger partial charge in [0.2, 0.25) is 0 Å². The number of nitrogens with zero attached hydrogens (tertiary/aromatic N) is 3. The Morgan fingerprint density at radius 1 is 1.52 bits per heavy atom. The summed E-state index contributed by atoms with van der Waals surface area (Å²) in [4.78, 5) is 24.8. The van der Waals surface area contributed by atoms with E-state index in [4.69, 9.17) is 4.99 Å². The molecule has 2 heterocycles. The minimum atomic E-state index is -0.0163. The second-order valence-corrected chi connectivity index (χ2v) is 7.77. The normalized spacial score (nSPS) is 23.1. The second kappa shape index (κ2) is 7.01. The van der Waals surface area contributed by atoms with Crippen LogP contribution in [-0.2, 0) is 11.3 Å². The lowest BCUT2D eigenvalue weighted by atomic mass is 10.1. The van der Waals surface area contributed by atoms with Gasteiger partial charge in [0.15, 0.2) is 0 Å². The molecule has 0 spiro atoms. The summed E-state index contributed by atoms with van der Waals surface area (Å²) in [7, 11) is 0. The van der Waals surface area contributed by atoms with E-state index in [1.165, 1.54) is 17.7 Å². The topological polar surface area (TPSA) is 45.6 Å². The number of allylic oxidation sites excluding steroid dienone is 1. The number of thioether (sulfide) groups is 1. The molecule has 0 aromatic carbocycles. The van der Waals surface area contributed by atoms with Crippen LogP contribution in [0, 0.1) is 0 Å². The van der Waals surface area contributed by atoms with Crippen LogP contribution in [0.15, 0.2) is 34.3 Å². The minimum Gasteiger partial charge on any atom is -0.287 e. The number of hydrogen-bond donors (Lipinski definition) is 0. The molecule has 1 aromatic rings. The third-order valence-corrected chi connectivity index (χ3v) is 5.89. The summed E-state index contributed by atoms with van der Waals surface area (Å²) >= 11 is 3.38. The standard InChI is InChI=1S/C17H21N3OS2/c1-4-12-7-8-15(21)20(17(12)19-11(2)22-3)9-14-16(13-5-6-13)23-10-18-14/h4,7-8,10-11,13H,5-6,9H2,1-3H3/b12-4-,19-17+. The smallest absolute Gasteiger partial charge is 0.252 e. The molecule has 1 amide bonds. The first-order valence-electron chi connectivity index (χ1n) is 7.83. The molecule has 0 N–H and O–H groups in total. The Hall–Kier alpha value is -1.40. The van der Waals surface area contributed by atoms with Gasteiger partial charge in [0.1, 0.15) is 5.84 Å². The van der Waals surface area contributed by atoms with Gasteiger partial charge in [-0.05, 0) is 44.9 Å². The van der Waals surface area contributed by atoms with Crippen LogP contribution in [0.2, 0.25) is 0 Å². The molecule has 1 aliphatic carbocycles. The van der Waals surface area contributed by atoms with Crippen molar-refractivity contribution in [2.75, 3.05) is 6.26 Å². The van der Waals surface area contributed by atoms with E-state index in [0.717, 1.165) is 17.1 Å². The predicted octanol–water partition coefficient (Wildman–Crippen LogP) is 3.97. The van der Waals surface area contributed by atoms with Gasteiger partial charge in [0.05, 0.1) is 23.1 Å². The van der Waals surface area contributed by atoms with Crippen molar-refractivity contribution in [1.82, 2.24) is 9.88 Å². The Labute approximate surface area is 145 Å². The number of amides is 1. The highest BCUT2D eigenvalue weighted by molar-refractivity contribution is 7.99. The van der Waals surface area contributed by atoms with Crippen molar-refractivity contribution in [1.29, 1.82) is 0 Å². The van der Waals surface area contributed by atoms with Gasteiger partial charge >= 0.3 is 0 Å². The van der Waals surface area contributed by atoms with Crippen LogP contribution in [0.3, 0.4) is 0 Å². The van der Waals surface area contributed by atoms with Crippen molar-refractivity contribution in [2.45, 2.75) is 44.5 Å². The molecule has 0 bridgehead atoms. The first kappa shape index (κ1) is 16.5. The third kappa shape index (κ3) is 3.58. The Balaban J connectivity index is 1.93. The van der Waals surface area contributed by atoms with Gasteiger partial charge in [0.25, 0.3) is 5.91 Å². The van der Waals surface area contributed by atoms with Crippen LogP contribution in [0.4, 0.5) is 0 Å². The van der Waals surface area contributed by atoms with E-state index in [1.807, 2.05) is 37.8 Å². The van der Waals surface area contributed by atoms with Gasteiger partial charge in [-0.15, -0.1) is 23.1 Å². The maximum atomic E-state index is 12.5. The molecule has 122 valence electrons. The van der Waals surface area contributed by atoms with Crippen LogP contribution in [0.25, 0.3) is 0 Å². The van der Waals surface area contributed by atoms with Crippen molar-refractivity contribution >= 4 is 34.8 Å². The lowest BCUT2D eigenvalue weighted by Gasteiger charge is -2.27. The molecule has 1 fully saturated rings. The fourth-order valence-corrected chi connectivity index (χ4v) is 3.74. The summed E-state index contributed by atoms with van der Waals surface area (Å²) in [6.45, 7) is 4.53.